The Morgan fingerprint density at radius 1 is 1.04 bits per heavy atom. The van der Waals surface area contributed by atoms with Gasteiger partial charge in [-0.2, -0.15) is 0 Å². The first-order valence-electron chi connectivity index (χ1n) is 7.74. The van der Waals surface area contributed by atoms with Crippen LogP contribution in [-0.4, -0.2) is 41.9 Å². The quantitative estimate of drug-likeness (QED) is 0.792. The molecule has 0 spiro atoms. The van der Waals surface area contributed by atoms with Gasteiger partial charge in [-0.1, -0.05) is 34.1 Å². The molecule has 2 aromatic carbocycles. The van der Waals surface area contributed by atoms with E-state index in [2.05, 4.69) is 20.8 Å². The molecule has 1 aliphatic heterocycles. The van der Waals surface area contributed by atoms with E-state index in [0.717, 1.165) is 10.0 Å². The van der Waals surface area contributed by atoms with Crippen molar-refractivity contribution < 1.29 is 13.6 Å². The van der Waals surface area contributed by atoms with E-state index in [0.29, 0.717) is 32.7 Å². The molecule has 0 atom stereocenters. The number of hydrogen-bond acceptors (Lipinski definition) is 2. The molecular formula is C18H17BrF2N2O. The van der Waals surface area contributed by atoms with E-state index < -0.39 is 5.82 Å². The number of rotatable bonds is 3. The molecule has 0 aromatic heterocycles. The Bertz CT molecular complexity index is 746. The fourth-order valence-corrected chi connectivity index (χ4v) is 3.28. The van der Waals surface area contributed by atoms with Crippen molar-refractivity contribution in [1.29, 1.82) is 0 Å². The van der Waals surface area contributed by atoms with Crippen LogP contribution < -0.4 is 0 Å². The average molecular weight is 395 g/mol. The minimum absolute atomic E-state index is 0.118. The minimum atomic E-state index is -0.486. The molecule has 0 radical (unpaired) electrons. The van der Waals surface area contributed by atoms with Gasteiger partial charge in [0.1, 0.15) is 11.6 Å². The van der Waals surface area contributed by atoms with E-state index in [4.69, 9.17) is 0 Å². The van der Waals surface area contributed by atoms with Gasteiger partial charge in [0.2, 0.25) is 0 Å². The van der Waals surface area contributed by atoms with E-state index in [9.17, 15) is 13.6 Å². The van der Waals surface area contributed by atoms with Crippen LogP contribution in [0, 0.1) is 11.6 Å². The molecule has 1 saturated heterocycles. The maximum Gasteiger partial charge on any atom is 0.256 e. The highest BCUT2D eigenvalue weighted by atomic mass is 79.9. The van der Waals surface area contributed by atoms with Crippen LogP contribution in [-0.2, 0) is 6.54 Å². The third kappa shape index (κ3) is 3.82. The van der Waals surface area contributed by atoms with Gasteiger partial charge >= 0.3 is 0 Å². The van der Waals surface area contributed by atoms with Crippen LogP contribution in [0.5, 0.6) is 0 Å². The fraction of sp³-hybridized carbons (Fsp3) is 0.278. The molecule has 0 unspecified atom stereocenters. The van der Waals surface area contributed by atoms with Crippen molar-refractivity contribution in [2.75, 3.05) is 26.2 Å². The minimum Gasteiger partial charge on any atom is -0.336 e. The molecule has 24 heavy (non-hydrogen) atoms. The van der Waals surface area contributed by atoms with Crippen molar-refractivity contribution in [3.63, 3.8) is 0 Å². The van der Waals surface area contributed by atoms with Crippen LogP contribution in [0.4, 0.5) is 8.78 Å². The molecule has 126 valence electrons. The predicted octanol–water partition coefficient (Wildman–Crippen LogP) is 3.69. The molecule has 1 fully saturated rings. The van der Waals surface area contributed by atoms with Gasteiger partial charge in [-0.05, 0) is 29.8 Å². The van der Waals surface area contributed by atoms with E-state index in [1.807, 2.05) is 0 Å². The smallest absolute Gasteiger partial charge is 0.256 e. The highest BCUT2D eigenvalue weighted by molar-refractivity contribution is 9.10. The van der Waals surface area contributed by atoms with Gasteiger partial charge in [0, 0.05) is 37.2 Å². The molecule has 0 N–H and O–H groups in total. The van der Waals surface area contributed by atoms with Crippen LogP contribution in [0.1, 0.15) is 15.9 Å². The van der Waals surface area contributed by atoms with Crippen molar-refractivity contribution in [2.24, 2.45) is 0 Å². The second kappa shape index (κ2) is 7.40. The zero-order valence-corrected chi connectivity index (χ0v) is 14.6. The Labute approximate surface area is 148 Å². The molecule has 3 nitrogen and oxygen atoms in total. The van der Waals surface area contributed by atoms with Gasteiger partial charge in [-0.3, -0.25) is 9.69 Å². The standard InChI is InChI=1S/C18H17BrF2N2O/c19-16-11-14(20)6-5-13(16)12-22-7-9-23(10-8-22)18(24)15-3-1-2-4-17(15)21/h1-6,11H,7-10,12H2. The number of amides is 1. The first kappa shape index (κ1) is 17.0. The number of piperazine rings is 1. The lowest BCUT2D eigenvalue weighted by Gasteiger charge is -2.35. The van der Waals surface area contributed by atoms with E-state index >= 15 is 0 Å². The SMILES string of the molecule is O=C(c1ccccc1F)N1CCN(Cc2ccc(F)cc2Br)CC1. The van der Waals surface area contributed by atoms with Gasteiger partial charge in [-0.15, -0.1) is 0 Å². The van der Waals surface area contributed by atoms with E-state index in [1.54, 1.807) is 23.1 Å². The molecule has 1 aliphatic rings. The maximum atomic E-state index is 13.7. The van der Waals surface area contributed by atoms with Crippen molar-refractivity contribution in [1.82, 2.24) is 9.80 Å². The van der Waals surface area contributed by atoms with E-state index in [1.165, 1.54) is 24.3 Å². The molecule has 0 aliphatic carbocycles. The lowest BCUT2D eigenvalue weighted by molar-refractivity contribution is 0.0623. The second-order valence-corrected chi connectivity index (χ2v) is 6.64. The summed E-state index contributed by atoms with van der Waals surface area (Å²) in [6.07, 6.45) is 0. The summed E-state index contributed by atoms with van der Waals surface area (Å²) in [5.74, 6) is -1.03. The Morgan fingerprint density at radius 3 is 2.42 bits per heavy atom. The number of carbonyl (C=O) groups excluding carboxylic acids is 1. The number of benzene rings is 2. The molecular weight excluding hydrogens is 378 g/mol. The molecule has 1 heterocycles. The Balaban J connectivity index is 1.60. The first-order chi connectivity index (χ1) is 11.5. The number of nitrogens with zero attached hydrogens (tertiary/aromatic N) is 2. The summed E-state index contributed by atoms with van der Waals surface area (Å²) in [5.41, 5.74) is 1.12. The summed E-state index contributed by atoms with van der Waals surface area (Å²) in [5, 5.41) is 0. The first-order valence-corrected chi connectivity index (χ1v) is 8.54. The van der Waals surface area contributed by atoms with Crippen molar-refractivity contribution >= 4 is 21.8 Å². The van der Waals surface area contributed by atoms with E-state index in [-0.39, 0.29) is 17.3 Å². The number of carbonyl (C=O) groups is 1. The van der Waals surface area contributed by atoms with Crippen molar-refractivity contribution in [3.8, 4) is 0 Å². The third-order valence-corrected chi connectivity index (χ3v) is 4.91. The molecule has 1 amide bonds. The second-order valence-electron chi connectivity index (χ2n) is 5.78. The summed E-state index contributed by atoms with van der Waals surface area (Å²) in [7, 11) is 0. The largest absolute Gasteiger partial charge is 0.336 e. The summed E-state index contributed by atoms with van der Waals surface area (Å²) >= 11 is 3.37. The highest BCUT2D eigenvalue weighted by Gasteiger charge is 2.24. The molecule has 0 saturated carbocycles. The Morgan fingerprint density at radius 2 is 1.75 bits per heavy atom. The van der Waals surface area contributed by atoms with Gasteiger partial charge < -0.3 is 4.90 Å². The summed E-state index contributed by atoms with van der Waals surface area (Å²) in [6.45, 7) is 3.18. The fourth-order valence-electron chi connectivity index (χ4n) is 2.80. The van der Waals surface area contributed by atoms with Gasteiger partial charge in [0.25, 0.3) is 5.91 Å². The molecule has 6 heteroatoms. The van der Waals surface area contributed by atoms with Crippen LogP contribution in [0.3, 0.4) is 0 Å². The van der Waals surface area contributed by atoms with Crippen molar-refractivity contribution in [3.05, 3.63) is 69.7 Å². The monoisotopic (exact) mass is 394 g/mol. The molecule has 2 aromatic rings. The zero-order chi connectivity index (χ0) is 17.1. The van der Waals surface area contributed by atoms with Gasteiger partial charge in [-0.25, -0.2) is 8.78 Å². The molecule has 3 rings (SSSR count). The zero-order valence-electron chi connectivity index (χ0n) is 13.0. The number of halogens is 3. The maximum absolute atomic E-state index is 13.7. The Kier molecular flexibility index (Phi) is 5.26. The lowest BCUT2D eigenvalue weighted by Crippen LogP contribution is -2.48. The van der Waals surface area contributed by atoms with Crippen LogP contribution in [0.2, 0.25) is 0 Å². The number of hydrogen-bond donors (Lipinski definition) is 0. The molecule has 0 bridgehead atoms. The predicted molar refractivity (Wildman–Crippen MR) is 91.7 cm³/mol. The Hall–Kier alpha value is -1.79. The van der Waals surface area contributed by atoms with Gasteiger partial charge in [0.05, 0.1) is 5.56 Å². The van der Waals surface area contributed by atoms with Crippen LogP contribution in [0.15, 0.2) is 46.9 Å². The lowest BCUT2D eigenvalue weighted by atomic mass is 10.1. The summed E-state index contributed by atoms with van der Waals surface area (Å²) in [6, 6.07) is 10.7. The topological polar surface area (TPSA) is 23.6 Å². The normalized spacial score (nSPS) is 15.5. The van der Waals surface area contributed by atoms with Crippen LogP contribution >= 0.6 is 15.9 Å². The summed E-state index contributed by atoms with van der Waals surface area (Å²) in [4.78, 5) is 16.3. The van der Waals surface area contributed by atoms with Crippen molar-refractivity contribution in [2.45, 2.75) is 6.54 Å². The average Bonchev–Trinajstić information content (AvgIpc) is 2.58. The van der Waals surface area contributed by atoms with Gasteiger partial charge in [0.15, 0.2) is 0 Å². The van der Waals surface area contributed by atoms with Crippen LogP contribution in [0.25, 0.3) is 0 Å². The summed E-state index contributed by atoms with van der Waals surface area (Å²) < 4.78 is 27.6. The third-order valence-electron chi connectivity index (χ3n) is 4.17. The highest BCUT2D eigenvalue weighted by Crippen LogP contribution is 2.21.